The van der Waals surface area contributed by atoms with E-state index in [1.165, 1.54) is 0 Å². The number of anilines is 1. The summed E-state index contributed by atoms with van der Waals surface area (Å²) in [7, 11) is 1.81. The average molecular weight is 288 g/mol. The number of nitrogens with zero attached hydrogens (tertiary/aromatic N) is 4. The van der Waals surface area contributed by atoms with Crippen LogP contribution < -0.4 is 11.1 Å². The zero-order valence-electron chi connectivity index (χ0n) is 12.5. The molecule has 0 unspecified atom stereocenters. The summed E-state index contributed by atoms with van der Waals surface area (Å²) in [6, 6.07) is 3.36. The molecule has 2 aromatic rings. The Balaban J connectivity index is 1.96. The maximum absolute atomic E-state index is 12.1. The SMILES string of the molecule is CC(C)c1cc(C(=O)NCCc2ncn(C)n2)cc(N)n1. The lowest BCUT2D eigenvalue weighted by Crippen LogP contribution is -2.26. The van der Waals surface area contributed by atoms with Crippen LogP contribution in [0.1, 0.15) is 41.6 Å². The quantitative estimate of drug-likeness (QED) is 0.851. The molecule has 0 aliphatic rings. The number of nitrogens with two attached hydrogens (primary N) is 1. The van der Waals surface area contributed by atoms with Crippen molar-refractivity contribution in [1.29, 1.82) is 0 Å². The van der Waals surface area contributed by atoms with Gasteiger partial charge in [-0.15, -0.1) is 0 Å². The molecule has 2 rings (SSSR count). The predicted octanol–water partition coefficient (Wildman–Crippen LogP) is 0.888. The first-order valence-electron chi connectivity index (χ1n) is 6.86. The molecule has 0 aromatic carbocycles. The first-order valence-corrected chi connectivity index (χ1v) is 6.86. The van der Waals surface area contributed by atoms with E-state index in [0.717, 1.165) is 5.69 Å². The molecule has 0 fully saturated rings. The molecular formula is C14H20N6O. The van der Waals surface area contributed by atoms with E-state index in [1.54, 1.807) is 23.1 Å². The van der Waals surface area contributed by atoms with Crippen LogP contribution in [0.25, 0.3) is 0 Å². The van der Waals surface area contributed by atoms with Gasteiger partial charge in [-0.25, -0.2) is 9.97 Å². The number of pyridine rings is 1. The molecule has 0 aliphatic carbocycles. The number of aromatic nitrogens is 4. The van der Waals surface area contributed by atoms with Crippen LogP contribution in [0.2, 0.25) is 0 Å². The van der Waals surface area contributed by atoms with Crippen molar-refractivity contribution in [3.05, 3.63) is 35.5 Å². The molecule has 21 heavy (non-hydrogen) atoms. The second-order valence-electron chi connectivity index (χ2n) is 5.20. The van der Waals surface area contributed by atoms with Crippen molar-refractivity contribution in [2.75, 3.05) is 12.3 Å². The van der Waals surface area contributed by atoms with E-state index in [9.17, 15) is 4.79 Å². The average Bonchev–Trinajstić information content (AvgIpc) is 2.83. The fraction of sp³-hybridized carbons (Fsp3) is 0.429. The Morgan fingerprint density at radius 2 is 2.19 bits per heavy atom. The van der Waals surface area contributed by atoms with Crippen molar-refractivity contribution < 1.29 is 4.79 Å². The van der Waals surface area contributed by atoms with E-state index in [2.05, 4.69) is 20.4 Å². The standard InChI is InChI=1S/C14H20N6O/c1-9(2)11-6-10(7-12(15)18-11)14(21)16-5-4-13-17-8-20(3)19-13/h6-9H,4-5H2,1-3H3,(H2,15,18)(H,16,21). The number of aryl methyl sites for hydroxylation is 1. The molecule has 7 nitrogen and oxygen atoms in total. The number of hydrogen-bond donors (Lipinski definition) is 2. The highest BCUT2D eigenvalue weighted by Crippen LogP contribution is 2.15. The first-order chi connectivity index (χ1) is 9.95. The van der Waals surface area contributed by atoms with Gasteiger partial charge in [0.25, 0.3) is 5.91 Å². The number of carbonyl (C=O) groups is 1. The van der Waals surface area contributed by atoms with Crippen LogP contribution >= 0.6 is 0 Å². The molecule has 0 aliphatic heterocycles. The fourth-order valence-electron chi connectivity index (χ4n) is 1.89. The zero-order chi connectivity index (χ0) is 15.4. The van der Waals surface area contributed by atoms with Crippen LogP contribution in [0.4, 0.5) is 5.82 Å². The number of nitrogen functional groups attached to an aromatic ring is 1. The summed E-state index contributed by atoms with van der Waals surface area (Å²) in [5, 5.41) is 6.99. The van der Waals surface area contributed by atoms with Gasteiger partial charge in [0.15, 0.2) is 5.82 Å². The number of nitrogens with one attached hydrogen (secondary N) is 1. The topological polar surface area (TPSA) is 98.7 Å². The number of hydrogen-bond acceptors (Lipinski definition) is 5. The molecule has 1 amide bonds. The molecule has 0 radical (unpaired) electrons. The van der Waals surface area contributed by atoms with Gasteiger partial charge < -0.3 is 11.1 Å². The molecule has 3 N–H and O–H groups in total. The number of rotatable bonds is 5. The minimum atomic E-state index is -0.165. The molecule has 0 atom stereocenters. The minimum Gasteiger partial charge on any atom is -0.384 e. The Kier molecular flexibility index (Phi) is 4.52. The second kappa shape index (κ2) is 6.34. The van der Waals surface area contributed by atoms with Gasteiger partial charge in [-0.1, -0.05) is 13.8 Å². The van der Waals surface area contributed by atoms with Crippen LogP contribution in [0.15, 0.2) is 18.5 Å². The Hall–Kier alpha value is -2.44. The van der Waals surface area contributed by atoms with Crippen molar-refractivity contribution >= 4 is 11.7 Å². The molecule has 112 valence electrons. The lowest BCUT2D eigenvalue weighted by atomic mass is 10.1. The van der Waals surface area contributed by atoms with E-state index in [0.29, 0.717) is 30.2 Å². The van der Waals surface area contributed by atoms with E-state index in [1.807, 2.05) is 20.9 Å². The summed E-state index contributed by atoms with van der Waals surface area (Å²) >= 11 is 0. The van der Waals surface area contributed by atoms with Gasteiger partial charge in [0, 0.05) is 31.3 Å². The van der Waals surface area contributed by atoms with Gasteiger partial charge in [-0.05, 0) is 18.1 Å². The lowest BCUT2D eigenvalue weighted by molar-refractivity contribution is 0.0954. The van der Waals surface area contributed by atoms with Crippen molar-refractivity contribution in [2.24, 2.45) is 7.05 Å². The van der Waals surface area contributed by atoms with E-state index < -0.39 is 0 Å². The lowest BCUT2D eigenvalue weighted by Gasteiger charge is -2.09. The summed E-state index contributed by atoms with van der Waals surface area (Å²) in [5.74, 6) is 1.12. The summed E-state index contributed by atoms with van der Waals surface area (Å²) in [6.45, 7) is 4.49. The monoisotopic (exact) mass is 288 g/mol. The third kappa shape index (κ3) is 4.01. The molecule has 0 saturated carbocycles. The predicted molar refractivity (Wildman–Crippen MR) is 79.8 cm³/mol. The van der Waals surface area contributed by atoms with E-state index in [4.69, 9.17) is 5.73 Å². The highest BCUT2D eigenvalue weighted by Gasteiger charge is 2.11. The normalized spacial score (nSPS) is 10.9. The molecule has 7 heteroatoms. The summed E-state index contributed by atoms with van der Waals surface area (Å²) < 4.78 is 1.63. The van der Waals surface area contributed by atoms with Crippen molar-refractivity contribution in [2.45, 2.75) is 26.2 Å². The zero-order valence-corrected chi connectivity index (χ0v) is 12.5. The summed E-state index contributed by atoms with van der Waals surface area (Å²) in [5.41, 5.74) is 7.08. The second-order valence-corrected chi connectivity index (χ2v) is 5.20. The van der Waals surface area contributed by atoms with Crippen molar-refractivity contribution in [3.63, 3.8) is 0 Å². The van der Waals surface area contributed by atoms with E-state index >= 15 is 0 Å². The highest BCUT2D eigenvalue weighted by atomic mass is 16.1. The molecule has 0 bridgehead atoms. The maximum atomic E-state index is 12.1. The van der Waals surface area contributed by atoms with Crippen LogP contribution in [0.3, 0.4) is 0 Å². The van der Waals surface area contributed by atoms with Crippen molar-refractivity contribution in [1.82, 2.24) is 25.1 Å². The van der Waals surface area contributed by atoms with Gasteiger partial charge in [0.1, 0.15) is 12.1 Å². The number of carbonyl (C=O) groups excluding carboxylic acids is 1. The van der Waals surface area contributed by atoms with Crippen LogP contribution in [0.5, 0.6) is 0 Å². The number of amides is 1. The van der Waals surface area contributed by atoms with E-state index in [-0.39, 0.29) is 11.8 Å². The van der Waals surface area contributed by atoms with Crippen LogP contribution in [-0.4, -0.2) is 32.2 Å². The summed E-state index contributed by atoms with van der Waals surface area (Å²) in [6.07, 6.45) is 2.22. The third-order valence-corrected chi connectivity index (χ3v) is 3.00. The highest BCUT2D eigenvalue weighted by molar-refractivity contribution is 5.94. The van der Waals surface area contributed by atoms with Crippen molar-refractivity contribution in [3.8, 4) is 0 Å². The Morgan fingerprint density at radius 3 is 2.81 bits per heavy atom. The van der Waals surface area contributed by atoms with Gasteiger partial charge >= 0.3 is 0 Å². The first kappa shape index (κ1) is 15.0. The van der Waals surface area contributed by atoms with Gasteiger partial charge in [0.05, 0.1) is 0 Å². The third-order valence-electron chi connectivity index (χ3n) is 3.00. The Bertz CT molecular complexity index is 634. The molecule has 2 heterocycles. The van der Waals surface area contributed by atoms with Crippen LogP contribution in [0, 0.1) is 0 Å². The van der Waals surface area contributed by atoms with Crippen LogP contribution in [-0.2, 0) is 13.5 Å². The van der Waals surface area contributed by atoms with Gasteiger partial charge in [-0.2, -0.15) is 5.10 Å². The fourth-order valence-corrected chi connectivity index (χ4v) is 1.89. The molecule has 0 saturated heterocycles. The van der Waals surface area contributed by atoms with Gasteiger partial charge in [0.2, 0.25) is 0 Å². The minimum absolute atomic E-state index is 0.165. The van der Waals surface area contributed by atoms with Gasteiger partial charge in [-0.3, -0.25) is 9.48 Å². The molecule has 0 spiro atoms. The Labute approximate surface area is 123 Å². The Morgan fingerprint density at radius 1 is 1.43 bits per heavy atom. The summed E-state index contributed by atoms with van der Waals surface area (Å²) in [4.78, 5) is 20.5. The largest absolute Gasteiger partial charge is 0.384 e. The maximum Gasteiger partial charge on any atom is 0.251 e. The molecular weight excluding hydrogens is 268 g/mol. The molecule has 2 aromatic heterocycles. The smallest absolute Gasteiger partial charge is 0.251 e.